The van der Waals surface area contributed by atoms with Gasteiger partial charge in [0, 0.05) is 12.4 Å². The predicted molar refractivity (Wildman–Crippen MR) is 107 cm³/mol. The summed E-state index contributed by atoms with van der Waals surface area (Å²) in [6.45, 7) is 5.84. The molecule has 0 atom stereocenters. The Morgan fingerprint density at radius 2 is 1.54 bits per heavy atom. The van der Waals surface area contributed by atoms with E-state index in [1.54, 1.807) is 57.4 Å². The summed E-state index contributed by atoms with van der Waals surface area (Å²) in [4.78, 5) is 29.9. The maximum Gasteiger partial charge on any atom is 0.411 e. The molecule has 2 aromatic rings. The third-order valence-electron chi connectivity index (χ3n) is 2.83. The predicted octanol–water partition coefficient (Wildman–Crippen LogP) is 4.32. The van der Waals surface area contributed by atoms with Gasteiger partial charge in [0.05, 0.1) is 24.6 Å². The van der Waals surface area contributed by atoms with Crippen LogP contribution >= 0.6 is 11.6 Å². The standard InChI is InChI=1S/C11H12N2O2.C8H9ClN2O2/c1-3-6-9-10(7-5-8-12-9)13-11(14)15-4-2;1-2-13-8(12)11-6-4-3-5-10-7(6)9/h5,7-8H,4H2,1-2H3,(H,13,14);3-5H,2H2,1H3,(H,11,12). The Balaban J connectivity index is 0.000000283. The Morgan fingerprint density at radius 3 is 2.07 bits per heavy atom. The molecule has 9 heteroatoms. The summed E-state index contributed by atoms with van der Waals surface area (Å²) in [5.74, 6) is 5.52. The van der Waals surface area contributed by atoms with Crippen LogP contribution in [0.1, 0.15) is 26.5 Å². The van der Waals surface area contributed by atoms with Crippen molar-refractivity contribution in [2.24, 2.45) is 0 Å². The zero-order valence-electron chi connectivity index (χ0n) is 15.8. The van der Waals surface area contributed by atoms with Gasteiger partial charge in [-0.25, -0.2) is 19.6 Å². The molecule has 2 rings (SSSR count). The van der Waals surface area contributed by atoms with Gasteiger partial charge in [0.2, 0.25) is 0 Å². The summed E-state index contributed by atoms with van der Waals surface area (Å²) < 4.78 is 9.42. The third-order valence-corrected chi connectivity index (χ3v) is 3.14. The van der Waals surface area contributed by atoms with E-state index in [2.05, 4.69) is 37.2 Å². The molecule has 0 saturated heterocycles. The zero-order valence-corrected chi connectivity index (χ0v) is 16.5. The maximum atomic E-state index is 11.2. The number of nitrogens with zero attached hydrogens (tertiary/aromatic N) is 2. The lowest BCUT2D eigenvalue weighted by atomic mass is 10.3. The second-order valence-electron chi connectivity index (χ2n) is 4.81. The van der Waals surface area contributed by atoms with Crippen molar-refractivity contribution in [2.75, 3.05) is 23.8 Å². The lowest BCUT2D eigenvalue weighted by Gasteiger charge is -2.05. The molecular formula is C19H21ClN4O4. The van der Waals surface area contributed by atoms with Gasteiger partial charge in [-0.1, -0.05) is 17.5 Å². The van der Waals surface area contributed by atoms with E-state index in [0.29, 0.717) is 30.3 Å². The lowest BCUT2D eigenvalue weighted by Crippen LogP contribution is -2.14. The van der Waals surface area contributed by atoms with Gasteiger partial charge in [0.25, 0.3) is 0 Å². The van der Waals surface area contributed by atoms with Crippen LogP contribution in [0.15, 0.2) is 36.7 Å². The lowest BCUT2D eigenvalue weighted by molar-refractivity contribution is 0.167. The molecule has 0 spiro atoms. The SMILES string of the molecule is CC#Cc1ncccc1NC(=O)OCC.CCOC(=O)Nc1cccnc1Cl. The molecule has 0 aliphatic carbocycles. The molecule has 2 aromatic heterocycles. The molecule has 2 heterocycles. The average molecular weight is 405 g/mol. The highest BCUT2D eigenvalue weighted by molar-refractivity contribution is 6.32. The monoisotopic (exact) mass is 404 g/mol. The van der Waals surface area contributed by atoms with Crippen molar-refractivity contribution in [3.63, 3.8) is 0 Å². The Bertz CT molecular complexity index is 849. The Kier molecular flexibility index (Phi) is 10.5. The van der Waals surface area contributed by atoms with E-state index >= 15 is 0 Å². The van der Waals surface area contributed by atoms with Crippen LogP contribution in [0.3, 0.4) is 0 Å². The quantitative estimate of drug-likeness (QED) is 0.581. The summed E-state index contributed by atoms with van der Waals surface area (Å²) in [6, 6.07) is 6.77. The minimum atomic E-state index is -0.530. The summed E-state index contributed by atoms with van der Waals surface area (Å²) >= 11 is 5.69. The molecule has 0 aliphatic heterocycles. The van der Waals surface area contributed by atoms with Crippen molar-refractivity contribution in [3.05, 3.63) is 47.5 Å². The molecule has 0 radical (unpaired) electrons. The molecule has 28 heavy (non-hydrogen) atoms. The van der Waals surface area contributed by atoms with Gasteiger partial charge in [0.1, 0.15) is 5.69 Å². The summed E-state index contributed by atoms with van der Waals surface area (Å²) in [5.41, 5.74) is 1.54. The van der Waals surface area contributed by atoms with Crippen molar-refractivity contribution in [2.45, 2.75) is 20.8 Å². The van der Waals surface area contributed by atoms with Gasteiger partial charge in [-0.3, -0.25) is 10.6 Å². The highest BCUT2D eigenvalue weighted by atomic mass is 35.5. The topological polar surface area (TPSA) is 102 Å². The van der Waals surface area contributed by atoms with Crippen LogP contribution in [0.5, 0.6) is 0 Å². The van der Waals surface area contributed by atoms with Gasteiger partial charge in [-0.05, 0) is 51.0 Å². The molecule has 0 aliphatic rings. The van der Waals surface area contributed by atoms with Crippen LogP contribution < -0.4 is 10.6 Å². The second-order valence-corrected chi connectivity index (χ2v) is 5.17. The van der Waals surface area contributed by atoms with Gasteiger partial charge < -0.3 is 9.47 Å². The van der Waals surface area contributed by atoms with Crippen LogP contribution in [0.25, 0.3) is 0 Å². The van der Waals surface area contributed by atoms with Crippen LogP contribution in [0.2, 0.25) is 5.15 Å². The number of amides is 2. The minimum absolute atomic E-state index is 0.246. The van der Waals surface area contributed by atoms with E-state index < -0.39 is 12.2 Å². The first-order valence-corrected chi connectivity index (χ1v) is 8.75. The second kappa shape index (κ2) is 12.9. The summed E-state index contributed by atoms with van der Waals surface area (Å²) in [5, 5.41) is 5.27. The number of ether oxygens (including phenoxy) is 2. The first-order valence-electron chi connectivity index (χ1n) is 8.37. The van der Waals surface area contributed by atoms with Crippen LogP contribution in [0, 0.1) is 11.8 Å². The number of aromatic nitrogens is 2. The first kappa shape index (κ1) is 22.7. The number of carbonyl (C=O) groups excluding carboxylic acids is 2. The summed E-state index contributed by atoms with van der Waals surface area (Å²) in [7, 11) is 0. The maximum absolute atomic E-state index is 11.2. The fourth-order valence-corrected chi connectivity index (χ4v) is 1.92. The molecule has 2 N–H and O–H groups in total. The highest BCUT2D eigenvalue weighted by Gasteiger charge is 2.06. The molecule has 0 bridgehead atoms. The molecule has 0 fully saturated rings. The fourth-order valence-electron chi connectivity index (χ4n) is 1.76. The Hall–Kier alpha value is -3.31. The van der Waals surface area contributed by atoms with Crippen molar-refractivity contribution in [3.8, 4) is 11.8 Å². The van der Waals surface area contributed by atoms with Gasteiger partial charge in [-0.15, -0.1) is 0 Å². The molecule has 0 unspecified atom stereocenters. The van der Waals surface area contributed by atoms with Crippen molar-refractivity contribution in [1.29, 1.82) is 0 Å². The van der Waals surface area contributed by atoms with Gasteiger partial charge in [0.15, 0.2) is 5.15 Å². The Morgan fingerprint density at radius 1 is 1.00 bits per heavy atom. The molecule has 148 valence electrons. The van der Waals surface area contributed by atoms with Crippen LogP contribution in [-0.2, 0) is 9.47 Å². The van der Waals surface area contributed by atoms with Crippen LogP contribution in [0.4, 0.5) is 21.0 Å². The number of pyridine rings is 2. The normalized spacial score (nSPS) is 9.00. The number of carbonyl (C=O) groups is 2. The van der Waals surface area contributed by atoms with E-state index in [1.807, 2.05) is 0 Å². The third kappa shape index (κ3) is 8.38. The first-order chi connectivity index (χ1) is 13.5. The fraction of sp³-hybridized carbons (Fsp3) is 0.263. The number of hydrogen-bond acceptors (Lipinski definition) is 6. The van der Waals surface area contributed by atoms with Crippen LogP contribution in [-0.4, -0.2) is 35.4 Å². The molecule has 0 aromatic carbocycles. The van der Waals surface area contributed by atoms with E-state index in [-0.39, 0.29) is 5.15 Å². The van der Waals surface area contributed by atoms with Gasteiger partial charge >= 0.3 is 12.2 Å². The Labute approximate surface area is 168 Å². The molecule has 2 amide bonds. The largest absolute Gasteiger partial charge is 0.450 e. The van der Waals surface area contributed by atoms with Crippen molar-refractivity contribution in [1.82, 2.24) is 9.97 Å². The minimum Gasteiger partial charge on any atom is -0.450 e. The van der Waals surface area contributed by atoms with E-state index in [9.17, 15) is 9.59 Å². The van der Waals surface area contributed by atoms with E-state index in [1.165, 1.54) is 0 Å². The zero-order chi connectivity index (χ0) is 20.8. The van der Waals surface area contributed by atoms with Crippen molar-refractivity contribution >= 4 is 35.2 Å². The molecular weight excluding hydrogens is 384 g/mol. The number of anilines is 2. The number of halogens is 1. The average Bonchev–Trinajstić information content (AvgIpc) is 2.66. The number of nitrogens with one attached hydrogen (secondary N) is 2. The van der Waals surface area contributed by atoms with E-state index in [4.69, 9.17) is 16.3 Å². The van der Waals surface area contributed by atoms with Gasteiger partial charge in [-0.2, -0.15) is 0 Å². The molecule has 0 saturated carbocycles. The van der Waals surface area contributed by atoms with Crippen molar-refractivity contribution < 1.29 is 19.1 Å². The number of rotatable bonds is 4. The smallest absolute Gasteiger partial charge is 0.411 e. The summed E-state index contributed by atoms with van der Waals surface area (Å²) in [6.07, 6.45) is 2.14. The highest BCUT2D eigenvalue weighted by Crippen LogP contribution is 2.17. The molecule has 8 nitrogen and oxygen atoms in total. The van der Waals surface area contributed by atoms with E-state index in [0.717, 1.165) is 0 Å². The number of hydrogen-bond donors (Lipinski definition) is 2.